The first-order chi connectivity index (χ1) is 9.10. The fourth-order valence-corrected chi connectivity index (χ4v) is 2.37. The molecule has 1 aliphatic carbocycles. The normalized spacial score (nSPS) is 17.1. The van der Waals surface area contributed by atoms with Gasteiger partial charge in [-0.05, 0) is 42.5 Å². The van der Waals surface area contributed by atoms with E-state index >= 15 is 0 Å². The van der Waals surface area contributed by atoms with Gasteiger partial charge in [-0.1, -0.05) is 6.07 Å². The van der Waals surface area contributed by atoms with Crippen molar-refractivity contribution in [2.75, 3.05) is 6.54 Å². The molecule has 1 unspecified atom stereocenters. The van der Waals surface area contributed by atoms with Crippen LogP contribution in [-0.2, 0) is 11.2 Å². The van der Waals surface area contributed by atoms with Crippen LogP contribution in [0.5, 0.6) is 5.75 Å². The molecule has 3 N–H and O–H groups in total. The van der Waals surface area contributed by atoms with Gasteiger partial charge in [-0.15, -0.1) is 12.4 Å². The smallest absolute Gasteiger partial charge is 0.387 e. The summed E-state index contributed by atoms with van der Waals surface area (Å²) >= 11 is 0. The molecule has 1 aromatic rings. The van der Waals surface area contributed by atoms with Crippen LogP contribution in [0.15, 0.2) is 18.2 Å². The van der Waals surface area contributed by atoms with Crippen molar-refractivity contribution in [2.24, 2.45) is 5.73 Å². The molecule has 2 rings (SSSR count). The Hall–Kier alpha value is -1.40. The van der Waals surface area contributed by atoms with E-state index in [1.165, 1.54) is 6.07 Å². The van der Waals surface area contributed by atoms with Gasteiger partial charge in [0, 0.05) is 0 Å². The second kappa shape index (κ2) is 7.40. The molecule has 0 radical (unpaired) electrons. The summed E-state index contributed by atoms with van der Waals surface area (Å²) < 4.78 is 28.7. The molecule has 0 bridgehead atoms. The van der Waals surface area contributed by atoms with Gasteiger partial charge < -0.3 is 15.8 Å². The number of alkyl halides is 2. The number of rotatable bonds is 4. The monoisotopic (exact) mass is 306 g/mol. The van der Waals surface area contributed by atoms with Gasteiger partial charge >= 0.3 is 6.61 Å². The quantitative estimate of drug-likeness (QED) is 0.896. The highest BCUT2D eigenvalue weighted by Gasteiger charge is 2.22. The highest BCUT2D eigenvalue weighted by atomic mass is 35.5. The fraction of sp³-hybridized carbons (Fsp3) is 0.462. The van der Waals surface area contributed by atoms with E-state index in [0.717, 1.165) is 30.4 Å². The molecule has 0 heterocycles. The summed E-state index contributed by atoms with van der Waals surface area (Å²) in [6.07, 6.45) is 2.51. The van der Waals surface area contributed by atoms with Crippen molar-refractivity contribution in [2.45, 2.75) is 31.9 Å². The van der Waals surface area contributed by atoms with Crippen LogP contribution < -0.4 is 15.8 Å². The Morgan fingerprint density at radius 3 is 2.90 bits per heavy atom. The van der Waals surface area contributed by atoms with Crippen LogP contribution in [0.1, 0.15) is 30.0 Å². The topological polar surface area (TPSA) is 64.4 Å². The van der Waals surface area contributed by atoms with Crippen LogP contribution >= 0.6 is 12.4 Å². The number of carbonyl (C=O) groups is 1. The van der Waals surface area contributed by atoms with Crippen molar-refractivity contribution in [1.29, 1.82) is 0 Å². The molecular formula is C13H17ClF2N2O2. The molecule has 20 heavy (non-hydrogen) atoms. The number of benzene rings is 1. The van der Waals surface area contributed by atoms with Crippen molar-refractivity contribution >= 4 is 18.3 Å². The van der Waals surface area contributed by atoms with E-state index in [9.17, 15) is 13.6 Å². The van der Waals surface area contributed by atoms with Gasteiger partial charge in [0.15, 0.2) is 0 Å². The first-order valence-corrected chi connectivity index (χ1v) is 6.17. The van der Waals surface area contributed by atoms with E-state index in [1.807, 2.05) is 0 Å². The maximum Gasteiger partial charge on any atom is 0.387 e. The van der Waals surface area contributed by atoms with E-state index in [2.05, 4.69) is 10.1 Å². The third-order valence-corrected chi connectivity index (χ3v) is 3.17. The summed E-state index contributed by atoms with van der Waals surface area (Å²) in [5.41, 5.74) is 7.16. The van der Waals surface area contributed by atoms with Crippen molar-refractivity contribution in [3.63, 3.8) is 0 Å². The third-order valence-electron chi connectivity index (χ3n) is 3.17. The molecule has 1 amide bonds. The lowest BCUT2D eigenvalue weighted by molar-refractivity contribution is -0.120. The number of fused-ring (bicyclic) bond motifs is 1. The van der Waals surface area contributed by atoms with Gasteiger partial charge in [-0.2, -0.15) is 8.78 Å². The number of nitrogens with two attached hydrogens (primary N) is 1. The summed E-state index contributed by atoms with van der Waals surface area (Å²) in [5.74, 6) is -0.0645. The van der Waals surface area contributed by atoms with Gasteiger partial charge in [-0.3, -0.25) is 4.79 Å². The third kappa shape index (κ3) is 4.05. The maximum atomic E-state index is 12.2. The van der Waals surface area contributed by atoms with Crippen molar-refractivity contribution in [3.8, 4) is 5.75 Å². The summed E-state index contributed by atoms with van der Waals surface area (Å²) in [4.78, 5) is 11.3. The molecule has 0 fully saturated rings. The first kappa shape index (κ1) is 16.7. The largest absolute Gasteiger partial charge is 0.435 e. The second-order valence-corrected chi connectivity index (χ2v) is 4.46. The standard InChI is InChI=1S/C13H16F2N2O2.ClH/c14-13(15)19-9-4-5-10-8(6-9)2-1-3-11(10)17-12(18)7-16;/h4-6,11,13H,1-3,7,16H2,(H,17,18);1H. The molecule has 1 aliphatic rings. The predicted molar refractivity (Wildman–Crippen MR) is 73.2 cm³/mol. The average Bonchev–Trinajstić information content (AvgIpc) is 2.38. The number of aryl methyl sites for hydroxylation is 1. The van der Waals surface area contributed by atoms with Crippen LogP contribution in [0.3, 0.4) is 0 Å². The van der Waals surface area contributed by atoms with Crippen LogP contribution in [0.4, 0.5) is 8.78 Å². The van der Waals surface area contributed by atoms with Gasteiger partial charge in [-0.25, -0.2) is 0 Å². The maximum absolute atomic E-state index is 12.2. The molecule has 4 nitrogen and oxygen atoms in total. The number of hydrogen-bond acceptors (Lipinski definition) is 3. The van der Waals surface area contributed by atoms with Crippen LogP contribution in [-0.4, -0.2) is 19.1 Å². The number of halogens is 3. The highest BCUT2D eigenvalue weighted by molar-refractivity contribution is 5.85. The number of ether oxygens (including phenoxy) is 1. The highest BCUT2D eigenvalue weighted by Crippen LogP contribution is 2.32. The minimum Gasteiger partial charge on any atom is -0.435 e. The van der Waals surface area contributed by atoms with Crippen LogP contribution in [0.25, 0.3) is 0 Å². The molecule has 0 aliphatic heterocycles. The van der Waals surface area contributed by atoms with Gasteiger partial charge in [0.2, 0.25) is 5.91 Å². The van der Waals surface area contributed by atoms with E-state index in [4.69, 9.17) is 5.73 Å². The predicted octanol–water partition coefficient (Wildman–Crippen LogP) is 2.16. The van der Waals surface area contributed by atoms with E-state index in [1.54, 1.807) is 12.1 Å². The minimum atomic E-state index is -2.82. The minimum absolute atomic E-state index is 0. The van der Waals surface area contributed by atoms with Gasteiger partial charge in [0.25, 0.3) is 0 Å². The number of amides is 1. The summed E-state index contributed by atoms with van der Waals surface area (Å²) in [5, 5.41) is 2.83. The zero-order chi connectivity index (χ0) is 13.8. The Labute approximate surface area is 122 Å². The lowest BCUT2D eigenvalue weighted by Crippen LogP contribution is -2.35. The number of nitrogens with one attached hydrogen (secondary N) is 1. The zero-order valence-electron chi connectivity index (χ0n) is 10.8. The Morgan fingerprint density at radius 1 is 1.50 bits per heavy atom. The van der Waals surface area contributed by atoms with Crippen LogP contribution in [0, 0.1) is 0 Å². The van der Waals surface area contributed by atoms with E-state index < -0.39 is 6.61 Å². The lowest BCUT2D eigenvalue weighted by Gasteiger charge is -2.26. The summed E-state index contributed by atoms with van der Waals surface area (Å²) in [6, 6.07) is 4.74. The Balaban J connectivity index is 0.00000200. The number of hydrogen-bond donors (Lipinski definition) is 2. The average molecular weight is 307 g/mol. The van der Waals surface area contributed by atoms with Crippen molar-refractivity contribution in [3.05, 3.63) is 29.3 Å². The zero-order valence-corrected chi connectivity index (χ0v) is 11.6. The number of carbonyl (C=O) groups excluding carboxylic acids is 1. The lowest BCUT2D eigenvalue weighted by atomic mass is 9.87. The molecule has 7 heteroatoms. The van der Waals surface area contributed by atoms with E-state index in [-0.39, 0.29) is 36.7 Å². The Kier molecular flexibility index (Phi) is 6.16. The molecule has 112 valence electrons. The van der Waals surface area contributed by atoms with Gasteiger partial charge in [0.05, 0.1) is 12.6 Å². The molecule has 0 saturated heterocycles. The molecule has 0 aromatic heterocycles. The fourth-order valence-electron chi connectivity index (χ4n) is 2.37. The van der Waals surface area contributed by atoms with E-state index in [0.29, 0.717) is 0 Å². The molecule has 1 atom stereocenters. The van der Waals surface area contributed by atoms with Crippen molar-refractivity contribution in [1.82, 2.24) is 5.32 Å². The summed E-state index contributed by atoms with van der Waals surface area (Å²) in [7, 11) is 0. The Morgan fingerprint density at radius 2 is 2.25 bits per heavy atom. The van der Waals surface area contributed by atoms with Gasteiger partial charge in [0.1, 0.15) is 5.75 Å². The van der Waals surface area contributed by atoms with Crippen molar-refractivity contribution < 1.29 is 18.3 Å². The molecule has 1 aromatic carbocycles. The van der Waals surface area contributed by atoms with Crippen LogP contribution in [0.2, 0.25) is 0 Å². The summed E-state index contributed by atoms with van der Waals surface area (Å²) in [6.45, 7) is -2.88. The molecular weight excluding hydrogens is 290 g/mol. The molecule has 0 saturated carbocycles. The first-order valence-electron chi connectivity index (χ1n) is 6.17. The Bertz CT molecular complexity index is 472. The SMILES string of the molecule is Cl.NCC(=O)NC1CCCc2cc(OC(F)F)ccc21. The second-order valence-electron chi connectivity index (χ2n) is 4.46. The molecule has 0 spiro atoms.